The summed E-state index contributed by atoms with van der Waals surface area (Å²) in [4.78, 5) is 12.9. The third-order valence-corrected chi connectivity index (χ3v) is 2.56. The van der Waals surface area contributed by atoms with Crippen LogP contribution < -0.4 is 0 Å². The number of nitrogens with zero attached hydrogens (tertiary/aromatic N) is 1. The maximum absolute atomic E-state index is 13.0. The van der Waals surface area contributed by atoms with Crippen molar-refractivity contribution in [3.8, 4) is 0 Å². The Morgan fingerprint density at radius 1 is 1.31 bits per heavy atom. The maximum Gasteiger partial charge on any atom is 0.410 e. The average molecular weight is 235 g/mol. The first-order chi connectivity index (χ1) is 7.09. The summed E-state index contributed by atoms with van der Waals surface area (Å²) in [5.74, 6) is -3.48. The fraction of sp³-hybridized carbons (Fsp3) is 0.909. The molecule has 1 aliphatic heterocycles. The minimum Gasteiger partial charge on any atom is -0.444 e. The van der Waals surface area contributed by atoms with Gasteiger partial charge in [0, 0.05) is 19.0 Å². The first kappa shape index (κ1) is 13.2. The summed E-state index contributed by atoms with van der Waals surface area (Å²) in [6.45, 7) is 6.60. The Hall–Kier alpha value is -0.870. The minimum absolute atomic E-state index is 0.0818. The van der Waals surface area contributed by atoms with Crippen LogP contribution in [0.5, 0.6) is 0 Å². The van der Waals surface area contributed by atoms with Crippen LogP contribution in [0.15, 0.2) is 0 Å². The number of hydrogen-bond acceptors (Lipinski definition) is 2. The van der Waals surface area contributed by atoms with Gasteiger partial charge in [-0.1, -0.05) is 0 Å². The minimum atomic E-state index is -2.73. The number of carbonyl (C=O) groups is 1. The van der Waals surface area contributed by atoms with E-state index in [4.69, 9.17) is 4.74 Å². The van der Waals surface area contributed by atoms with Gasteiger partial charge in [0.2, 0.25) is 5.92 Å². The van der Waals surface area contributed by atoms with Gasteiger partial charge in [0.15, 0.2) is 0 Å². The Kier molecular flexibility index (Phi) is 3.45. The molecular formula is C11H19F2NO2. The Labute approximate surface area is 94.7 Å². The molecule has 1 atom stereocenters. The Morgan fingerprint density at radius 3 is 2.25 bits per heavy atom. The van der Waals surface area contributed by atoms with Gasteiger partial charge in [-0.2, -0.15) is 0 Å². The molecule has 1 unspecified atom stereocenters. The summed E-state index contributed by atoms with van der Waals surface area (Å²) in [7, 11) is 0. The normalized spacial score (nSPS) is 22.4. The predicted molar refractivity (Wildman–Crippen MR) is 56.5 cm³/mol. The first-order valence-electron chi connectivity index (χ1n) is 5.45. The summed E-state index contributed by atoms with van der Waals surface area (Å²) in [6.07, 6.45) is -0.165. The maximum atomic E-state index is 13.0. The molecule has 3 nitrogen and oxygen atoms in total. The Morgan fingerprint density at radius 2 is 1.88 bits per heavy atom. The standard InChI is InChI=1S/C11H19F2NO2/c1-10(2,3)16-9(15)14-6-5-8(7-14)11(4,12)13/h8H,5-7H2,1-4H3. The molecule has 0 saturated carbocycles. The fourth-order valence-electron chi connectivity index (χ4n) is 1.67. The van der Waals surface area contributed by atoms with E-state index in [9.17, 15) is 13.6 Å². The van der Waals surface area contributed by atoms with E-state index in [1.165, 1.54) is 4.90 Å². The SMILES string of the molecule is CC(C)(C)OC(=O)N1CCC(C(C)(F)F)C1. The van der Waals surface area contributed by atoms with Crippen molar-refractivity contribution in [3.05, 3.63) is 0 Å². The molecule has 1 fully saturated rings. The van der Waals surface area contributed by atoms with Gasteiger partial charge >= 0.3 is 6.09 Å². The van der Waals surface area contributed by atoms with Crippen LogP contribution in [0.4, 0.5) is 13.6 Å². The molecule has 1 aliphatic rings. The van der Waals surface area contributed by atoms with Gasteiger partial charge in [-0.25, -0.2) is 13.6 Å². The zero-order valence-corrected chi connectivity index (χ0v) is 10.2. The van der Waals surface area contributed by atoms with Crippen LogP contribution in [-0.2, 0) is 4.74 Å². The molecule has 1 amide bonds. The van der Waals surface area contributed by atoms with Crippen LogP contribution in [-0.4, -0.2) is 35.6 Å². The van der Waals surface area contributed by atoms with E-state index in [2.05, 4.69) is 0 Å². The van der Waals surface area contributed by atoms with Crippen molar-refractivity contribution in [2.45, 2.75) is 45.6 Å². The zero-order valence-electron chi connectivity index (χ0n) is 10.2. The monoisotopic (exact) mass is 235 g/mol. The molecule has 1 heterocycles. The molecule has 0 aliphatic carbocycles. The summed E-state index contributed by atoms with van der Waals surface area (Å²) in [5.41, 5.74) is -0.579. The van der Waals surface area contributed by atoms with E-state index in [0.29, 0.717) is 13.0 Å². The molecule has 0 bridgehead atoms. The van der Waals surface area contributed by atoms with E-state index >= 15 is 0 Å². The van der Waals surface area contributed by atoms with Crippen molar-refractivity contribution in [1.29, 1.82) is 0 Å². The lowest BCUT2D eigenvalue weighted by Crippen LogP contribution is -2.36. The molecule has 0 aromatic carbocycles. The summed E-state index contributed by atoms with van der Waals surface area (Å²) in [5, 5.41) is 0. The highest BCUT2D eigenvalue weighted by Crippen LogP contribution is 2.32. The smallest absolute Gasteiger partial charge is 0.410 e. The molecule has 0 N–H and O–H groups in total. The summed E-state index contributed by atoms with van der Waals surface area (Å²) in [6, 6.07) is 0. The van der Waals surface area contributed by atoms with Gasteiger partial charge in [-0.15, -0.1) is 0 Å². The molecule has 0 aromatic rings. The van der Waals surface area contributed by atoms with E-state index in [0.717, 1.165) is 6.92 Å². The van der Waals surface area contributed by atoms with Gasteiger partial charge in [0.25, 0.3) is 0 Å². The molecule has 1 rings (SSSR count). The van der Waals surface area contributed by atoms with E-state index in [1.54, 1.807) is 20.8 Å². The van der Waals surface area contributed by atoms with Crippen LogP contribution >= 0.6 is 0 Å². The van der Waals surface area contributed by atoms with Crippen molar-refractivity contribution in [2.75, 3.05) is 13.1 Å². The van der Waals surface area contributed by atoms with Crippen LogP contribution in [0, 0.1) is 5.92 Å². The van der Waals surface area contributed by atoms with Gasteiger partial charge in [0.05, 0.1) is 0 Å². The number of hydrogen-bond donors (Lipinski definition) is 0. The molecule has 0 aromatic heterocycles. The predicted octanol–water partition coefficient (Wildman–Crippen LogP) is 2.90. The number of amides is 1. The van der Waals surface area contributed by atoms with E-state index in [1.807, 2.05) is 0 Å². The van der Waals surface area contributed by atoms with Crippen molar-refractivity contribution >= 4 is 6.09 Å². The van der Waals surface area contributed by atoms with Crippen molar-refractivity contribution in [3.63, 3.8) is 0 Å². The van der Waals surface area contributed by atoms with Gasteiger partial charge < -0.3 is 9.64 Å². The lowest BCUT2D eigenvalue weighted by atomic mass is 10.0. The van der Waals surface area contributed by atoms with Crippen LogP contribution in [0.1, 0.15) is 34.1 Å². The van der Waals surface area contributed by atoms with E-state index in [-0.39, 0.29) is 6.54 Å². The highest BCUT2D eigenvalue weighted by Gasteiger charge is 2.41. The molecule has 1 saturated heterocycles. The molecular weight excluding hydrogens is 216 g/mol. The summed E-state index contributed by atoms with van der Waals surface area (Å²) >= 11 is 0. The molecule has 0 radical (unpaired) electrons. The number of carbonyl (C=O) groups excluding carboxylic acids is 1. The first-order valence-corrected chi connectivity index (χ1v) is 5.45. The number of ether oxygens (including phenoxy) is 1. The second-order valence-electron chi connectivity index (χ2n) is 5.37. The van der Waals surface area contributed by atoms with Crippen LogP contribution in [0.3, 0.4) is 0 Å². The molecule has 94 valence electrons. The second-order valence-corrected chi connectivity index (χ2v) is 5.37. The van der Waals surface area contributed by atoms with Gasteiger partial charge in [-0.05, 0) is 34.1 Å². The number of halogens is 2. The van der Waals surface area contributed by atoms with Crippen molar-refractivity contribution in [1.82, 2.24) is 4.90 Å². The number of rotatable bonds is 1. The van der Waals surface area contributed by atoms with E-state index < -0.39 is 23.5 Å². The van der Waals surface area contributed by atoms with Crippen molar-refractivity contribution in [2.24, 2.45) is 5.92 Å². The summed E-state index contributed by atoms with van der Waals surface area (Å²) < 4.78 is 31.2. The third kappa shape index (κ3) is 3.61. The highest BCUT2D eigenvalue weighted by molar-refractivity contribution is 5.68. The molecule has 5 heteroatoms. The highest BCUT2D eigenvalue weighted by atomic mass is 19.3. The van der Waals surface area contributed by atoms with Crippen LogP contribution in [0.25, 0.3) is 0 Å². The Balaban J connectivity index is 2.51. The van der Waals surface area contributed by atoms with Crippen LogP contribution in [0.2, 0.25) is 0 Å². The fourth-order valence-corrected chi connectivity index (χ4v) is 1.67. The number of alkyl halides is 2. The lowest BCUT2D eigenvalue weighted by Gasteiger charge is -2.25. The average Bonchev–Trinajstić information content (AvgIpc) is 2.46. The second kappa shape index (κ2) is 4.18. The lowest BCUT2D eigenvalue weighted by molar-refractivity contribution is -0.0361. The van der Waals surface area contributed by atoms with Gasteiger partial charge in [-0.3, -0.25) is 0 Å². The zero-order chi connectivity index (χ0) is 12.6. The molecule has 0 spiro atoms. The topological polar surface area (TPSA) is 29.5 Å². The Bertz CT molecular complexity index is 268. The largest absolute Gasteiger partial charge is 0.444 e. The third-order valence-electron chi connectivity index (χ3n) is 2.56. The van der Waals surface area contributed by atoms with Gasteiger partial charge in [0.1, 0.15) is 5.60 Å². The van der Waals surface area contributed by atoms with Crippen molar-refractivity contribution < 1.29 is 18.3 Å². The molecule has 16 heavy (non-hydrogen) atoms. The quantitative estimate of drug-likeness (QED) is 0.699. The number of likely N-dealkylation sites (tertiary alicyclic amines) is 1.